The van der Waals surface area contributed by atoms with Gasteiger partial charge in [-0.05, 0) is 42.3 Å². The van der Waals surface area contributed by atoms with Crippen molar-refractivity contribution < 1.29 is 19.7 Å². The fourth-order valence-electron chi connectivity index (χ4n) is 3.74. The topological polar surface area (TPSA) is 67.8 Å². The van der Waals surface area contributed by atoms with E-state index in [0.29, 0.717) is 10.7 Å². The summed E-state index contributed by atoms with van der Waals surface area (Å²) in [6, 6.07) is 25.8. The van der Waals surface area contributed by atoms with E-state index >= 15 is 0 Å². The molecule has 0 radical (unpaired) electrons. The standard InChI is InChI=1S/C24H22ClNO4/c1-23(28)21(22(27)26-20-10-6-3-7-11-20)16-24(30-29-23,17-8-4-2-5-9-17)18-12-14-19(25)15-13-18/h2-15,21,28H,16H2,1H3,(H,26,27). The van der Waals surface area contributed by atoms with Crippen LogP contribution in [-0.4, -0.2) is 16.8 Å². The molecule has 3 atom stereocenters. The molecule has 30 heavy (non-hydrogen) atoms. The lowest BCUT2D eigenvalue weighted by Gasteiger charge is -2.45. The number of aliphatic hydroxyl groups is 1. The van der Waals surface area contributed by atoms with Crippen molar-refractivity contribution in [1.82, 2.24) is 0 Å². The molecule has 5 nitrogen and oxygen atoms in total. The molecule has 1 aliphatic rings. The molecular formula is C24H22ClNO4. The maximum atomic E-state index is 13.2. The van der Waals surface area contributed by atoms with E-state index in [1.165, 1.54) is 6.92 Å². The molecule has 1 saturated heterocycles. The molecule has 6 heteroatoms. The molecule has 4 rings (SSSR count). The van der Waals surface area contributed by atoms with E-state index in [-0.39, 0.29) is 12.3 Å². The van der Waals surface area contributed by atoms with Gasteiger partial charge >= 0.3 is 0 Å². The molecule has 0 saturated carbocycles. The first-order chi connectivity index (χ1) is 14.4. The Hall–Kier alpha value is -2.70. The monoisotopic (exact) mass is 423 g/mol. The van der Waals surface area contributed by atoms with Crippen LogP contribution in [-0.2, 0) is 20.2 Å². The number of benzene rings is 3. The number of carbonyl (C=O) groups excluding carboxylic acids is 1. The van der Waals surface area contributed by atoms with Gasteiger partial charge in [0, 0.05) is 17.1 Å². The third-order valence-electron chi connectivity index (χ3n) is 5.40. The molecule has 1 fully saturated rings. The second-order valence-electron chi connectivity index (χ2n) is 7.53. The van der Waals surface area contributed by atoms with Crippen LogP contribution in [0.3, 0.4) is 0 Å². The first-order valence-electron chi connectivity index (χ1n) is 9.67. The van der Waals surface area contributed by atoms with Gasteiger partial charge in [0.15, 0.2) is 5.60 Å². The highest BCUT2D eigenvalue weighted by atomic mass is 35.5. The molecule has 1 heterocycles. The minimum Gasteiger partial charge on any atom is -0.363 e. The van der Waals surface area contributed by atoms with Gasteiger partial charge in [-0.25, -0.2) is 4.89 Å². The third kappa shape index (κ3) is 3.98. The predicted octanol–water partition coefficient (Wildman–Crippen LogP) is 4.90. The average Bonchev–Trinajstić information content (AvgIpc) is 2.76. The highest BCUT2D eigenvalue weighted by Gasteiger charge is 2.54. The lowest BCUT2D eigenvalue weighted by molar-refractivity contribution is -0.487. The van der Waals surface area contributed by atoms with Crippen molar-refractivity contribution in [3.8, 4) is 0 Å². The van der Waals surface area contributed by atoms with Crippen molar-refractivity contribution in [3.63, 3.8) is 0 Å². The van der Waals surface area contributed by atoms with Gasteiger partial charge in [-0.1, -0.05) is 72.3 Å². The highest BCUT2D eigenvalue weighted by Crippen LogP contribution is 2.47. The molecule has 0 bridgehead atoms. The first kappa shape index (κ1) is 20.6. The van der Waals surface area contributed by atoms with Gasteiger partial charge in [-0.2, -0.15) is 4.89 Å². The van der Waals surface area contributed by atoms with Crippen molar-refractivity contribution in [2.45, 2.75) is 24.7 Å². The minimum atomic E-state index is -1.80. The molecule has 2 N–H and O–H groups in total. The Morgan fingerprint density at radius 1 is 0.933 bits per heavy atom. The zero-order chi connectivity index (χ0) is 21.2. The molecule has 0 aliphatic carbocycles. The van der Waals surface area contributed by atoms with Gasteiger partial charge in [0.05, 0.1) is 5.92 Å². The van der Waals surface area contributed by atoms with E-state index in [0.717, 1.165) is 11.1 Å². The predicted molar refractivity (Wildman–Crippen MR) is 115 cm³/mol. The summed E-state index contributed by atoms with van der Waals surface area (Å²) in [6.45, 7) is 1.43. The smallest absolute Gasteiger partial charge is 0.233 e. The van der Waals surface area contributed by atoms with Crippen molar-refractivity contribution in [2.75, 3.05) is 5.32 Å². The van der Waals surface area contributed by atoms with Crippen molar-refractivity contribution >= 4 is 23.2 Å². The summed E-state index contributed by atoms with van der Waals surface area (Å²) < 4.78 is 0. The van der Waals surface area contributed by atoms with Crippen LogP contribution in [0.15, 0.2) is 84.9 Å². The Morgan fingerprint density at radius 3 is 2.13 bits per heavy atom. The van der Waals surface area contributed by atoms with Crippen LogP contribution >= 0.6 is 11.6 Å². The second-order valence-corrected chi connectivity index (χ2v) is 7.97. The summed E-state index contributed by atoms with van der Waals surface area (Å²) in [6.07, 6.45) is 0.171. The zero-order valence-electron chi connectivity index (χ0n) is 16.4. The maximum Gasteiger partial charge on any atom is 0.233 e. The van der Waals surface area contributed by atoms with Crippen LogP contribution in [0.2, 0.25) is 5.02 Å². The molecule has 154 valence electrons. The number of carbonyl (C=O) groups is 1. The molecule has 3 unspecified atom stereocenters. The molecule has 0 aromatic heterocycles. The van der Waals surface area contributed by atoms with E-state index in [1.807, 2.05) is 60.7 Å². The van der Waals surface area contributed by atoms with Crippen molar-refractivity contribution in [3.05, 3.63) is 101 Å². The average molecular weight is 424 g/mol. The molecule has 1 amide bonds. The SMILES string of the molecule is CC1(O)OOC(c2ccccc2)(c2ccc(Cl)cc2)CC1C(=O)Nc1ccccc1. The Morgan fingerprint density at radius 2 is 1.50 bits per heavy atom. The van der Waals surface area contributed by atoms with Crippen molar-refractivity contribution in [2.24, 2.45) is 5.92 Å². The highest BCUT2D eigenvalue weighted by molar-refractivity contribution is 6.30. The summed E-state index contributed by atoms with van der Waals surface area (Å²) in [5.74, 6) is -3.06. The number of rotatable bonds is 4. The van der Waals surface area contributed by atoms with Crippen LogP contribution < -0.4 is 5.32 Å². The van der Waals surface area contributed by atoms with E-state index in [1.54, 1.807) is 24.3 Å². The van der Waals surface area contributed by atoms with E-state index in [2.05, 4.69) is 5.32 Å². The molecular weight excluding hydrogens is 402 g/mol. The van der Waals surface area contributed by atoms with Gasteiger partial charge < -0.3 is 10.4 Å². The Kier molecular flexibility index (Phi) is 5.62. The summed E-state index contributed by atoms with van der Waals surface area (Å²) in [5, 5.41) is 14.3. The number of nitrogens with one attached hydrogen (secondary N) is 1. The van der Waals surface area contributed by atoms with Gasteiger partial charge in [0.25, 0.3) is 0 Å². The van der Waals surface area contributed by atoms with E-state index in [4.69, 9.17) is 21.4 Å². The number of para-hydroxylation sites is 1. The van der Waals surface area contributed by atoms with Gasteiger partial charge in [0.2, 0.25) is 11.7 Å². The summed E-state index contributed by atoms with van der Waals surface area (Å²) in [7, 11) is 0. The lowest BCUT2D eigenvalue weighted by Crippen LogP contribution is -2.54. The summed E-state index contributed by atoms with van der Waals surface area (Å²) >= 11 is 6.08. The zero-order valence-corrected chi connectivity index (χ0v) is 17.2. The van der Waals surface area contributed by atoms with Crippen molar-refractivity contribution in [1.29, 1.82) is 0 Å². The largest absolute Gasteiger partial charge is 0.363 e. The van der Waals surface area contributed by atoms with E-state index < -0.39 is 17.3 Å². The number of hydrogen-bond acceptors (Lipinski definition) is 4. The molecule has 0 spiro atoms. The maximum absolute atomic E-state index is 13.2. The van der Waals surface area contributed by atoms with Crippen LogP contribution in [0.25, 0.3) is 0 Å². The fraction of sp³-hybridized carbons (Fsp3) is 0.208. The Bertz CT molecular complexity index is 1010. The van der Waals surface area contributed by atoms with Gasteiger partial charge in [-0.3, -0.25) is 4.79 Å². The van der Waals surface area contributed by atoms with Gasteiger partial charge in [0.1, 0.15) is 0 Å². The fourth-order valence-corrected chi connectivity index (χ4v) is 3.86. The van der Waals surface area contributed by atoms with Gasteiger partial charge in [-0.15, -0.1) is 0 Å². The lowest BCUT2D eigenvalue weighted by atomic mass is 9.76. The quantitative estimate of drug-likeness (QED) is 0.586. The van der Waals surface area contributed by atoms with Crippen LogP contribution in [0.4, 0.5) is 5.69 Å². The Balaban J connectivity index is 1.74. The third-order valence-corrected chi connectivity index (χ3v) is 5.65. The normalized spacial score (nSPS) is 26.2. The van der Waals surface area contributed by atoms with Crippen LogP contribution in [0, 0.1) is 5.92 Å². The number of amides is 1. The minimum absolute atomic E-state index is 0.171. The van der Waals surface area contributed by atoms with Crippen LogP contribution in [0.1, 0.15) is 24.5 Å². The summed E-state index contributed by atoms with van der Waals surface area (Å²) in [5.41, 5.74) is 1.13. The second kappa shape index (κ2) is 8.20. The summed E-state index contributed by atoms with van der Waals surface area (Å²) in [4.78, 5) is 24.5. The molecule has 1 aliphatic heterocycles. The van der Waals surface area contributed by atoms with Crippen LogP contribution in [0.5, 0.6) is 0 Å². The van der Waals surface area contributed by atoms with E-state index in [9.17, 15) is 9.90 Å². The number of anilines is 1. The number of halogens is 1. The first-order valence-corrected chi connectivity index (χ1v) is 10.1. The number of hydrogen-bond donors (Lipinski definition) is 2. The molecule has 3 aromatic rings. The Labute approximate surface area is 180 Å². The molecule has 3 aromatic carbocycles.